The second-order valence-electron chi connectivity index (χ2n) is 3.05. The van der Waals surface area contributed by atoms with E-state index in [0.29, 0.717) is 12.6 Å². The van der Waals surface area contributed by atoms with Gasteiger partial charge in [-0.1, -0.05) is 6.08 Å². The van der Waals surface area contributed by atoms with Crippen molar-refractivity contribution in [2.75, 3.05) is 13.2 Å². The van der Waals surface area contributed by atoms with Crippen LogP contribution in [0.4, 0.5) is 0 Å². The van der Waals surface area contributed by atoms with E-state index in [4.69, 9.17) is 5.11 Å². The maximum atomic E-state index is 8.94. The normalized spacial score (nSPS) is 30.7. The zero-order valence-corrected chi connectivity index (χ0v) is 6.08. The molecule has 0 amide bonds. The van der Waals surface area contributed by atoms with E-state index in [9.17, 15) is 0 Å². The molecule has 2 aliphatic rings. The molecule has 56 valence electrons. The van der Waals surface area contributed by atoms with Crippen LogP contribution in [0, 0.1) is 0 Å². The summed E-state index contributed by atoms with van der Waals surface area (Å²) in [6, 6.07) is 0.439. The summed E-state index contributed by atoms with van der Waals surface area (Å²) in [5.74, 6) is 0. The third-order valence-corrected chi connectivity index (χ3v) is 2.50. The van der Waals surface area contributed by atoms with Crippen LogP contribution in [-0.4, -0.2) is 29.2 Å². The van der Waals surface area contributed by atoms with Crippen molar-refractivity contribution >= 4 is 0 Å². The second-order valence-corrected chi connectivity index (χ2v) is 3.05. The van der Waals surface area contributed by atoms with Crippen LogP contribution in [0.25, 0.3) is 0 Å². The molecular formula is C8H13NO. The molecule has 1 saturated heterocycles. The Morgan fingerprint density at radius 1 is 1.70 bits per heavy atom. The number of nitrogens with zero attached hydrogens (tertiary/aromatic N) is 1. The van der Waals surface area contributed by atoms with Gasteiger partial charge in [-0.3, -0.25) is 0 Å². The van der Waals surface area contributed by atoms with Crippen LogP contribution >= 0.6 is 0 Å². The zero-order valence-electron chi connectivity index (χ0n) is 6.08. The number of fused-ring (bicyclic) bond motifs is 1. The van der Waals surface area contributed by atoms with E-state index < -0.39 is 0 Å². The van der Waals surface area contributed by atoms with Crippen LogP contribution in [0.5, 0.6) is 0 Å². The Morgan fingerprint density at radius 2 is 2.60 bits per heavy atom. The predicted molar refractivity (Wildman–Crippen MR) is 39.5 cm³/mol. The Kier molecular flexibility index (Phi) is 1.42. The lowest BCUT2D eigenvalue weighted by atomic mass is 10.2. The van der Waals surface area contributed by atoms with Crippen molar-refractivity contribution in [2.24, 2.45) is 0 Å². The third-order valence-electron chi connectivity index (χ3n) is 2.50. The molecule has 2 nitrogen and oxygen atoms in total. The lowest BCUT2D eigenvalue weighted by molar-refractivity contribution is 0.183. The van der Waals surface area contributed by atoms with Crippen molar-refractivity contribution in [3.63, 3.8) is 0 Å². The lowest BCUT2D eigenvalue weighted by Gasteiger charge is -2.21. The third kappa shape index (κ3) is 0.754. The van der Waals surface area contributed by atoms with Crippen LogP contribution in [-0.2, 0) is 0 Å². The van der Waals surface area contributed by atoms with Gasteiger partial charge in [0.2, 0.25) is 0 Å². The van der Waals surface area contributed by atoms with Gasteiger partial charge >= 0.3 is 0 Å². The first kappa shape index (κ1) is 6.23. The van der Waals surface area contributed by atoms with E-state index in [-0.39, 0.29) is 0 Å². The van der Waals surface area contributed by atoms with E-state index in [1.807, 2.05) is 0 Å². The highest BCUT2D eigenvalue weighted by Crippen LogP contribution is 2.31. The Balaban J connectivity index is 2.11. The van der Waals surface area contributed by atoms with Crippen LogP contribution in [0.15, 0.2) is 11.8 Å². The maximum Gasteiger partial charge on any atom is 0.0635 e. The second kappa shape index (κ2) is 2.27. The molecule has 0 aromatic carbocycles. The average Bonchev–Trinajstić information content (AvgIpc) is 2.44. The fraction of sp³-hybridized carbons (Fsp3) is 0.750. The largest absolute Gasteiger partial charge is 0.394 e. The number of rotatable bonds is 1. The van der Waals surface area contributed by atoms with Crippen molar-refractivity contribution < 1.29 is 5.11 Å². The van der Waals surface area contributed by atoms with Crippen molar-refractivity contribution in [1.29, 1.82) is 0 Å². The molecule has 0 saturated carbocycles. The molecule has 10 heavy (non-hydrogen) atoms. The summed E-state index contributed by atoms with van der Waals surface area (Å²) in [5.41, 5.74) is 1.47. The van der Waals surface area contributed by atoms with Crippen molar-refractivity contribution in [3.05, 3.63) is 11.8 Å². The summed E-state index contributed by atoms with van der Waals surface area (Å²) in [6.45, 7) is 1.47. The zero-order chi connectivity index (χ0) is 6.97. The Hall–Kier alpha value is -0.500. The predicted octanol–water partition coefficient (Wildman–Crippen LogP) is 0.731. The van der Waals surface area contributed by atoms with E-state index >= 15 is 0 Å². The molecule has 1 atom stereocenters. The molecule has 2 aliphatic heterocycles. The summed E-state index contributed by atoms with van der Waals surface area (Å²) in [6.07, 6.45) is 5.83. The van der Waals surface area contributed by atoms with E-state index in [1.54, 1.807) is 0 Å². The summed E-state index contributed by atoms with van der Waals surface area (Å²) < 4.78 is 0. The van der Waals surface area contributed by atoms with Gasteiger partial charge in [0.05, 0.1) is 12.6 Å². The first-order chi connectivity index (χ1) is 4.92. The summed E-state index contributed by atoms with van der Waals surface area (Å²) in [7, 11) is 0. The molecule has 0 aliphatic carbocycles. The number of hydrogen-bond donors (Lipinski definition) is 1. The molecule has 0 bridgehead atoms. The molecule has 0 aromatic rings. The van der Waals surface area contributed by atoms with Crippen LogP contribution in [0.1, 0.15) is 19.3 Å². The molecule has 0 radical (unpaired) electrons. The summed E-state index contributed by atoms with van der Waals surface area (Å²) in [5, 5.41) is 8.94. The van der Waals surface area contributed by atoms with Gasteiger partial charge in [-0.05, 0) is 19.3 Å². The smallest absolute Gasteiger partial charge is 0.0635 e. The number of aliphatic hydroxyl groups excluding tert-OH is 1. The minimum Gasteiger partial charge on any atom is -0.394 e. The van der Waals surface area contributed by atoms with Gasteiger partial charge < -0.3 is 10.0 Å². The number of allylic oxidation sites excluding steroid dienone is 1. The Morgan fingerprint density at radius 3 is 3.40 bits per heavy atom. The van der Waals surface area contributed by atoms with Crippen LogP contribution < -0.4 is 0 Å². The highest BCUT2D eigenvalue weighted by atomic mass is 16.3. The van der Waals surface area contributed by atoms with Gasteiger partial charge in [-0.15, -0.1) is 0 Å². The van der Waals surface area contributed by atoms with Crippen LogP contribution in [0.2, 0.25) is 0 Å². The van der Waals surface area contributed by atoms with Gasteiger partial charge in [0.15, 0.2) is 0 Å². The van der Waals surface area contributed by atoms with E-state index in [0.717, 1.165) is 13.0 Å². The highest BCUT2D eigenvalue weighted by molar-refractivity contribution is 5.14. The van der Waals surface area contributed by atoms with Crippen molar-refractivity contribution in [3.8, 4) is 0 Å². The highest BCUT2D eigenvalue weighted by Gasteiger charge is 2.28. The molecule has 1 N–H and O–H groups in total. The molecule has 0 unspecified atom stereocenters. The van der Waals surface area contributed by atoms with Gasteiger partial charge in [0.25, 0.3) is 0 Å². The first-order valence-corrected chi connectivity index (χ1v) is 3.98. The molecule has 0 aromatic heterocycles. The molecule has 1 fully saturated rings. The fourth-order valence-electron chi connectivity index (χ4n) is 1.95. The minimum atomic E-state index is 0.331. The van der Waals surface area contributed by atoms with E-state index in [1.165, 1.54) is 18.5 Å². The molecular weight excluding hydrogens is 126 g/mol. The number of aliphatic hydroxyl groups is 1. The van der Waals surface area contributed by atoms with E-state index in [2.05, 4.69) is 11.0 Å². The Labute approximate surface area is 61.1 Å². The monoisotopic (exact) mass is 139 g/mol. The first-order valence-electron chi connectivity index (χ1n) is 3.98. The topological polar surface area (TPSA) is 23.5 Å². The standard InChI is InChI=1S/C8H13NO/c10-6-8-4-3-7-2-1-5-9(7)8/h2,8,10H,1,3-6H2/t8-/m0/s1. The summed E-state index contributed by atoms with van der Waals surface area (Å²) >= 11 is 0. The van der Waals surface area contributed by atoms with Crippen LogP contribution in [0.3, 0.4) is 0 Å². The number of hydrogen-bond acceptors (Lipinski definition) is 2. The molecule has 0 spiro atoms. The van der Waals surface area contributed by atoms with Gasteiger partial charge in [0.1, 0.15) is 0 Å². The van der Waals surface area contributed by atoms with Gasteiger partial charge in [0, 0.05) is 12.2 Å². The Bertz CT molecular complexity index is 165. The van der Waals surface area contributed by atoms with Gasteiger partial charge in [-0.25, -0.2) is 0 Å². The van der Waals surface area contributed by atoms with Crippen molar-refractivity contribution in [1.82, 2.24) is 4.90 Å². The average molecular weight is 139 g/mol. The van der Waals surface area contributed by atoms with Crippen molar-refractivity contribution in [2.45, 2.75) is 25.3 Å². The minimum absolute atomic E-state index is 0.331. The van der Waals surface area contributed by atoms with Gasteiger partial charge in [-0.2, -0.15) is 0 Å². The summed E-state index contributed by atoms with van der Waals surface area (Å²) in [4.78, 5) is 2.35. The molecule has 2 heterocycles. The maximum absolute atomic E-state index is 8.94. The molecule has 2 rings (SSSR count). The SMILES string of the molecule is OC[C@@H]1CCC2=CCCN21. The lowest BCUT2D eigenvalue weighted by Crippen LogP contribution is -2.29. The molecule has 2 heteroatoms. The quantitative estimate of drug-likeness (QED) is 0.579. The fourth-order valence-corrected chi connectivity index (χ4v) is 1.95.